The standard InChI is InChI=1S/C19H18N2O5/c20-18(23)17-15(10-5-1-4-8-14(10)26-17)21-19(24)12-9-25-13-7-3-2-6-11(13)16(12)22/h1,4-5,8-9,11,13H,2-3,6-7H2,(H2,20,23)(H,21,24). The fourth-order valence-corrected chi connectivity index (χ4v) is 3.66. The molecule has 2 amide bonds. The maximum atomic E-state index is 12.7. The second-order valence-electron chi connectivity index (χ2n) is 6.58. The number of hydrogen-bond donors (Lipinski definition) is 2. The van der Waals surface area contributed by atoms with E-state index < -0.39 is 11.8 Å². The highest BCUT2D eigenvalue weighted by Gasteiger charge is 2.39. The zero-order chi connectivity index (χ0) is 18.3. The minimum atomic E-state index is -0.802. The van der Waals surface area contributed by atoms with Crippen LogP contribution in [-0.4, -0.2) is 23.7 Å². The van der Waals surface area contributed by atoms with Gasteiger partial charge in [0.1, 0.15) is 22.9 Å². The molecule has 0 bridgehead atoms. The third kappa shape index (κ3) is 2.65. The van der Waals surface area contributed by atoms with E-state index >= 15 is 0 Å². The van der Waals surface area contributed by atoms with E-state index in [0.717, 1.165) is 25.7 Å². The van der Waals surface area contributed by atoms with Crippen LogP contribution in [0.1, 0.15) is 36.2 Å². The molecule has 0 saturated heterocycles. The molecule has 2 atom stereocenters. The normalized spacial score (nSPS) is 22.3. The molecule has 1 aliphatic heterocycles. The molecule has 134 valence electrons. The van der Waals surface area contributed by atoms with Crippen LogP contribution in [-0.2, 0) is 14.3 Å². The van der Waals surface area contributed by atoms with Crippen molar-refractivity contribution >= 4 is 34.3 Å². The number of carbonyl (C=O) groups excluding carboxylic acids is 3. The predicted molar refractivity (Wildman–Crippen MR) is 93.3 cm³/mol. The van der Waals surface area contributed by atoms with Gasteiger partial charge in [0.2, 0.25) is 5.76 Å². The van der Waals surface area contributed by atoms with Gasteiger partial charge in [-0.2, -0.15) is 0 Å². The van der Waals surface area contributed by atoms with Crippen LogP contribution in [0.2, 0.25) is 0 Å². The van der Waals surface area contributed by atoms with Gasteiger partial charge in [-0.3, -0.25) is 14.4 Å². The van der Waals surface area contributed by atoms with Gasteiger partial charge in [0.25, 0.3) is 11.8 Å². The van der Waals surface area contributed by atoms with Crippen LogP contribution in [0.15, 0.2) is 40.5 Å². The summed E-state index contributed by atoms with van der Waals surface area (Å²) >= 11 is 0. The number of Topliss-reactive ketones (excluding diaryl/α,β-unsaturated/α-hetero) is 1. The molecular formula is C19H18N2O5. The molecule has 0 radical (unpaired) electrons. The van der Waals surface area contributed by atoms with Crippen molar-refractivity contribution in [1.82, 2.24) is 0 Å². The molecule has 1 aliphatic carbocycles. The Morgan fingerprint density at radius 1 is 1.15 bits per heavy atom. The van der Waals surface area contributed by atoms with Crippen molar-refractivity contribution in [3.05, 3.63) is 41.9 Å². The van der Waals surface area contributed by atoms with Gasteiger partial charge >= 0.3 is 0 Å². The smallest absolute Gasteiger partial charge is 0.286 e. The first-order valence-electron chi connectivity index (χ1n) is 8.59. The number of para-hydroxylation sites is 1. The van der Waals surface area contributed by atoms with Crippen molar-refractivity contribution < 1.29 is 23.5 Å². The Balaban J connectivity index is 1.65. The average Bonchev–Trinajstić information content (AvgIpc) is 3.01. The largest absolute Gasteiger partial charge is 0.496 e. The van der Waals surface area contributed by atoms with E-state index in [-0.39, 0.29) is 34.8 Å². The van der Waals surface area contributed by atoms with Crippen molar-refractivity contribution in [3.63, 3.8) is 0 Å². The number of nitrogens with two attached hydrogens (primary N) is 1. The van der Waals surface area contributed by atoms with E-state index in [1.807, 2.05) is 0 Å². The first-order valence-corrected chi connectivity index (χ1v) is 8.59. The second kappa shape index (κ2) is 6.33. The van der Waals surface area contributed by atoms with Crippen molar-refractivity contribution in [3.8, 4) is 0 Å². The van der Waals surface area contributed by atoms with Crippen molar-refractivity contribution in [2.75, 3.05) is 5.32 Å². The van der Waals surface area contributed by atoms with Crippen molar-refractivity contribution in [2.45, 2.75) is 31.8 Å². The van der Waals surface area contributed by atoms with E-state index in [0.29, 0.717) is 11.0 Å². The van der Waals surface area contributed by atoms with Gasteiger partial charge in [0.05, 0.1) is 12.2 Å². The van der Waals surface area contributed by atoms with Crippen LogP contribution >= 0.6 is 0 Å². The van der Waals surface area contributed by atoms with Gasteiger partial charge in [0.15, 0.2) is 5.78 Å². The summed E-state index contributed by atoms with van der Waals surface area (Å²) in [6, 6.07) is 6.86. The van der Waals surface area contributed by atoms with Gasteiger partial charge in [-0.05, 0) is 31.4 Å². The zero-order valence-corrected chi connectivity index (χ0v) is 14.0. The molecule has 7 heteroatoms. The van der Waals surface area contributed by atoms with Gasteiger partial charge in [-0.25, -0.2) is 0 Å². The maximum absolute atomic E-state index is 12.7. The molecule has 1 aromatic carbocycles. The second-order valence-corrected chi connectivity index (χ2v) is 6.58. The number of ether oxygens (including phenoxy) is 1. The number of nitrogens with one attached hydrogen (secondary N) is 1. The number of carbonyl (C=O) groups is 3. The molecule has 7 nitrogen and oxygen atoms in total. The molecule has 2 aromatic rings. The van der Waals surface area contributed by atoms with Crippen LogP contribution in [0.3, 0.4) is 0 Å². The molecule has 1 saturated carbocycles. The molecule has 2 aliphatic rings. The monoisotopic (exact) mass is 354 g/mol. The highest BCUT2D eigenvalue weighted by molar-refractivity contribution is 6.26. The first kappa shape index (κ1) is 16.4. The van der Waals surface area contributed by atoms with E-state index in [4.69, 9.17) is 14.9 Å². The summed E-state index contributed by atoms with van der Waals surface area (Å²) in [4.78, 5) is 37.1. The zero-order valence-electron chi connectivity index (χ0n) is 14.0. The predicted octanol–water partition coefficient (Wildman–Crippen LogP) is 2.51. The SMILES string of the molecule is NC(=O)c1oc2ccccc2c1NC(=O)C1=COC2CCCCC2C1=O. The molecule has 2 unspecified atom stereocenters. The van der Waals surface area contributed by atoms with Crippen LogP contribution in [0.5, 0.6) is 0 Å². The number of benzene rings is 1. The van der Waals surface area contributed by atoms with Gasteiger partial charge < -0.3 is 20.2 Å². The van der Waals surface area contributed by atoms with Crippen LogP contribution in [0.4, 0.5) is 5.69 Å². The van der Waals surface area contributed by atoms with Gasteiger partial charge in [-0.15, -0.1) is 0 Å². The van der Waals surface area contributed by atoms with E-state index in [1.165, 1.54) is 6.26 Å². The summed E-state index contributed by atoms with van der Waals surface area (Å²) < 4.78 is 11.0. The Kier molecular flexibility index (Phi) is 3.99. The van der Waals surface area contributed by atoms with Crippen LogP contribution < -0.4 is 11.1 Å². The Hall–Kier alpha value is -3.09. The van der Waals surface area contributed by atoms with E-state index in [1.54, 1.807) is 24.3 Å². The number of primary amides is 1. The summed E-state index contributed by atoms with van der Waals surface area (Å²) in [6.07, 6.45) is 4.59. The molecule has 2 heterocycles. The number of amides is 2. The average molecular weight is 354 g/mol. The van der Waals surface area contributed by atoms with E-state index in [9.17, 15) is 14.4 Å². The highest BCUT2D eigenvalue weighted by Crippen LogP contribution is 2.35. The minimum absolute atomic E-state index is 0.0474. The molecule has 26 heavy (non-hydrogen) atoms. The number of ketones is 1. The molecule has 1 fully saturated rings. The number of rotatable bonds is 3. The maximum Gasteiger partial charge on any atom is 0.286 e. The summed E-state index contributed by atoms with van der Waals surface area (Å²) in [5.74, 6) is -2.09. The number of fused-ring (bicyclic) bond motifs is 2. The number of anilines is 1. The Morgan fingerprint density at radius 3 is 2.73 bits per heavy atom. The Morgan fingerprint density at radius 2 is 1.92 bits per heavy atom. The lowest BCUT2D eigenvalue weighted by molar-refractivity contribution is -0.129. The minimum Gasteiger partial charge on any atom is -0.496 e. The first-order chi connectivity index (χ1) is 12.6. The Labute approximate surface area is 149 Å². The molecular weight excluding hydrogens is 336 g/mol. The summed E-state index contributed by atoms with van der Waals surface area (Å²) in [7, 11) is 0. The number of hydrogen-bond acceptors (Lipinski definition) is 5. The van der Waals surface area contributed by atoms with Crippen LogP contribution in [0.25, 0.3) is 11.0 Å². The highest BCUT2D eigenvalue weighted by atomic mass is 16.5. The quantitative estimate of drug-likeness (QED) is 0.823. The van der Waals surface area contributed by atoms with E-state index in [2.05, 4.69) is 5.32 Å². The summed E-state index contributed by atoms with van der Waals surface area (Å²) in [5.41, 5.74) is 5.89. The van der Waals surface area contributed by atoms with Gasteiger partial charge in [0, 0.05) is 5.39 Å². The number of furan rings is 1. The van der Waals surface area contributed by atoms with Crippen LogP contribution in [0, 0.1) is 5.92 Å². The molecule has 3 N–H and O–H groups in total. The summed E-state index contributed by atoms with van der Waals surface area (Å²) in [6.45, 7) is 0. The molecule has 0 spiro atoms. The van der Waals surface area contributed by atoms with Crippen molar-refractivity contribution in [2.24, 2.45) is 11.7 Å². The fraction of sp³-hybridized carbons (Fsp3) is 0.316. The lowest BCUT2D eigenvalue weighted by Crippen LogP contribution is -2.39. The van der Waals surface area contributed by atoms with Gasteiger partial charge in [-0.1, -0.05) is 18.6 Å². The topological polar surface area (TPSA) is 112 Å². The molecule has 1 aromatic heterocycles. The third-order valence-corrected chi connectivity index (χ3v) is 4.97. The van der Waals surface area contributed by atoms with Crippen molar-refractivity contribution in [1.29, 1.82) is 0 Å². The lowest BCUT2D eigenvalue weighted by Gasteiger charge is -2.33. The lowest BCUT2D eigenvalue weighted by atomic mass is 9.80. The molecule has 4 rings (SSSR count). The summed E-state index contributed by atoms with van der Waals surface area (Å²) in [5, 5.41) is 3.14. The fourth-order valence-electron chi connectivity index (χ4n) is 3.66. The Bertz CT molecular complexity index is 943. The third-order valence-electron chi connectivity index (χ3n) is 4.97.